The summed E-state index contributed by atoms with van der Waals surface area (Å²) < 4.78 is 0. The lowest BCUT2D eigenvalue weighted by molar-refractivity contribution is 0.189. The summed E-state index contributed by atoms with van der Waals surface area (Å²) in [5, 5.41) is 17.2. The lowest BCUT2D eigenvalue weighted by Gasteiger charge is -2.24. The highest BCUT2D eigenvalue weighted by molar-refractivity contribution is 5.18. The van der Waals surface area contributed by atoms with E-state index in [0.717, 1.165) is 5.56 Å². The quantitative estimate of drug-likeness (QED) is 0.648. The fourth-order valence-electron chi connectivity index (χ4n) is 1.08. The monoisotopic (exact) mass is 254 g/mol. The molecule has 0 aromatic heterocycles. The van der Waals surface area contributed by atoms with E-state index < -0.39 is 0 Å². The highest BCUT2D eigenvalue weighted by Crippen LogP contribution is 2.15. The Balaban J connectivity index is 0.000000331. The van der Waals surface area contributed by atoms with Crippen LogP contribution < -0.4 is 11.5 Å². The van der Waals surface area contributed by atoms with Gasteiger partial charge in [-0.2, -0.15) is 0 Å². The van der Waals surface area contributed by atoms with Crippen LogP contribution in [-0.4, -0.2) is 29.5 Å². The van der Waals surface area contributed by atoms with Crippen LogP contribution in [0.25, 0.3) is 0 Å². The van der Waals surface area contributed by atoms with Crippen molar-refractivity contribution in [1.29, 1.82) is 0 Å². The third-order valence-corrected chi connectivity index (χ3v) is 2.73. The van der Waals surface area contributed by atoms with Gasteiger partial charge in [0.05, 0.1) is 19.3 Å². The molecule has 0 aliphatic heterocycles. The fraction of sp³-hybridized carbons (Fsp3) is 0.571. The third-order valence-electron chi connectivity index (χ3n) is 2.73. The number of benzene rings is 1. The van der Waals surface area contributed by atoms with Crippen molar-refractivity contribution in [2.75, 3.05) is 13.2 Å². The number of hydrogen-bond donors (Lipinski definition) is 4. The maximum Gasteiger partial charge on any atom is 0.0624 e. The molecule has 1 rings (SSSR count). The van der Waals surface area contributed by atoms with E-state index in [4.69, 9.17) is 21.7 Å². The van der Waals surface area contributed by atoms with Crippen molar-refractivity contribution in [3.63, 3.8) is 0 Å². The molecular formula is C14H26N2O2. The van der Waals surface area contributed by atoms with Gasteiger partial charge in [0, 0.05) is 6.04 Å². The van der Waals surface area contributed by atoms with Crippen molar-refractivity contribution in [2.45, 2.75) is 32.9 Å². The molecule has 0 bridgehead atoms. The molecule has 2 atom stereocenters. The molecule has 0 radical (unpaired) electrons. The van der Waals surface area contributed by atoms with Gasteiger partial charge in [-0.15, -0.1) is 0 Å². The lowest BCUT2D eigenvalue weighted by Crippen LogP contribution is -2.37. The Morgan fingerprint density at radius 1 is 1.00 bits per heavy atom. The SMILES string of the molecule is CC(C)(C)C(N)CO.NC(CO)c1ccccc1. The molecule has 0 saturated carbocycles. The Morgan fingerprint density at radius 2 is 1.50 bits per heavy atom. The second-order valence-electron chi connectivity index (χ2n) is 5.35. The van der Waals surface area contributed by atoms with Gasteiger partial charge in [-0.1, -0.05) is 51.1 Å². The maximum atomic E-state index is 8.66. The molecule has 4 nitrogen and oxygen atoms in total. The molecule has 1 aromatic carbocycles. The van der Waals surface area contributed by atoms with Crippen LogP contribution >= 0.6 is 0 Å². The minimum atomic E-state index is -0.235. The number of hydrogen-bond acceptors (Lipinski definition) is 4. The predicted molar refractivity (Wildman–Crippen MR) is 75.0 cm³/mol. The average molecular weight is 254 g/mol. The molecule has 0 fully saturated rings. The van der Waals surface area contributed by atoms with Gasteiger partial charge in [-0.25, -0.2) is 0 Å². The molecule has 0 spiro atoms. The average Bonchev–Trinajstić information content (AvgIpc) is 2.37. The van der Waals surface area contributed by atoms with Gasteiger partial charge in [0.25, 0.3) is 0 Å². The van der Waals surface area contributed by atoms with Crippen LogP contribution in [0.1, 0.15) is 32.4 Å². The van der Waals surface area contributed by atoms with Gasteiger partial charge in [0.15, 0.2) is 0 Å². The third kappa shape index (κ3) is 6.71. The number of rotatable bonds is 3. The molecule has 0 aliphatic carbocycles. The Labute approximate surface area is 110 Å². The molecular weight excluding hydrogens is 228 g/mol. The first-order chi connectivity index (χ1) is 8.32. The second kappa shape index (κ2) is 8.21. The van der Waals surface area contributed by atoms with E-state index in [1.165, 1.54) is 0 Å². The molecule has 4 heteroatoms. The fourth-order valence-corrected chi connectivity index (χ4v) is 1.08. The molecule has 18 heavy (non-hydrogen) atoms. The molecule has 0 heterocycles. The van der Waals surface area contributed by atoms with Crippen molar-refractivity contribution in [3.8, 4) is 0 Å². The minimum absolute atomic E-state index is 0.00398. The summed E-state index contributed by atoms with van der Waals surface area (Å²) in [6.45, 7) is 6.10. The summed E-state index contributed by atoms with van der Waals surface area (Å²) in [6, 6.07) is 9.22. The standard InChI is InChI=1S/C8H11NO.C6H15NO/c9-8(6-10)7-4-2-1-3-5-7;1-6(2,3)5(7)4-8/h1-5,8,10H,6,9H2;5,8H,4,7H2,1-3H3. The minimum Gasteiger partial charge on any atom is -0.395 e. The van der Waals surface area contributed by atoms with E-state index in [9.17, 15) is 0 Å². The second-order valence-corrected chi connectivity index (χ2v) is 5.35. The zero-order valence-corrected chi connectivity index (χ0v) is 11.5. The van der Waals surface area contributed by atoms with E-state index in [1.807, 2.05) is 51.1 Å². The van der Waals surface area contributed by atoms with Crippen LogP contribution in [0, 0.1) is 5.41 Å². The first-order valence-corrected chi connectivity index (χ1v) is 6.10. The van der Waals surface area contributed by atoms with Gasteiger partial charge in [0.2, 0.25) is 0 Å². The summed E-state index contributed by atoms with van der Waals surface area (Å²) in [7, 11) is 0. The summed E-state index contributed by atoms with van der Waals surface area (Å²) >= 11 is 0. The molecule has 0 amide bonds. The Hall–Kier alpha value is -0.940. The van der Waals surface area contributed by atoms with E-state index in [2.05, 4.69) is 0 Å². The summed E-state index contributed by atoms with van der Waals surface area (Å²) in [4.78, 5) is 0. The first-order valence-electron chi connectivity index (χ1n) is 6.10. The van der Waals surface area contributed by atoms with Gasteiger partial charge in [0.1, 0.15) is 0 Å². The number of aliphatic hydroxyl groups is 2. The highest BCUT2D eigenvalue weighted by Gasteiger charge is 2.18. The largest absolute Gasteiger partial charge is 0.395 e. The van der Waals surface area contributed by atoms with Gasteiger partial charge in [-0.3, -0.25) is 0 Å². The zero-order valence-electron chi connectivity index (χ0n) is 11.5. The van der Waals surface area contributed by atoms with Crippen molar-refractivity contribution < 1.29 is 10.2 Å². The summed E-state index contributed by atoms with van der Waals surface area (Å²) in [5.74, 6) is 0. The molecule has 6 N–H and O–H groups in total. The summed E-state index contributed by atoms with van der Waals surface area (Å²) in [5.41, 5.74) is 12.1. The number of aliphatic hydroxyl groups excluding tert-OH is 2. The zero-order chi connectivity index (χ0) is 14.2. The van der Waals surface area contributed by atoms with Crippen LogP contribution in [-0.2, 0) is 0 Å². The van der Waals surface area contributed by atoms with Crippen molar-refractivity contribution >= 4 is 0 Å². The van der Waals surface area contributed by atoms with Gasteiger partial charge >= 0.3 is 0 Å². The van der Waals surface area contributed by atoms with Crippen LogP contribution in [0.5, 0.6) is 0 Å². The van der Waals surface area contributed by atoms with Gasteiger partial charge < -0.3 is 21.7 Å². The van der Waals surface area contributed by atoms with Crippen LogP contribution in [0.15, 0.2) is 30.3 Å². The predicted octanol–water partition coefficient (Wildman–Crippen LogP) is 1.03. The lowest BCUT2D eigenvalue weighted by atomic mass is 9.88. The maximum absolute atomic E-state index is 8.66. The Bertz CT molecular complexity index is 309. The van der Waals surface area contributed by atoms with E-state index >= 15 is 0 Å². The molecule has 0 aliphatic rings. The van der Waals surface area contributed by atoms with Crippen molar-refractivity contribution in [2.24, 2.45) is 16.9 Å². The topological polar surface area (TPSA) is 92.5 Å². The van der Waals surface area contributed by atoms with Gasteiger partial charge in [-0.05, 0) is 11.0 Å². The Kier molecular flexibility index (Phi) is 7.78. The van der Waals surface area contributed by atoms with E-state index in [-0.39, 0.29) is 30.7 Å². The van der Waals surface area contributed by atoms with Crippen molar-refractivity contribution in [3.05, 3.63) is 35.9 Å². The Morgan fingerprint density at radius 3 is 1.78 bits per heavy atom. The van der Waals surface area contributed by atoms with Crippen molar-refractivity contribution in [1.82, 2.24) is 0 Å². The van der Waals surface area contributed by atoms with E-state index in [0.29, 0.717) is 0 Å². The van der Waals surface area contributed by atoms with Crippen LogP contribution in [0.2, 0.25) is 0 Å². The highest BCUT2D eigenvalue weighted by atomic mass is 16.3. The molecule has 2 unspecified atom stereocenters. The van der Waals surface area contributed by atoms with Crippen LogP contribution in [0.3, 0.4) is 0 Å². The molecule has 104 valence electrons. The smallest absolute Gasteiger partial charge is 0.0624 e. The molecule has 1 aromatic rings. The van der Waals surface area contributed by atoms with Crippen LogP contribution in [0.4, 0.5) is 0 Å². The first kappa shape index (κ1) is 17.1. The molecule has 0 saturated heterocycles. The summed E-state index contributed by atoms with van der Waals surface area (Å²) in [6.07, 6.45) is 0. The normalized spacial score (nSPS) is 14.4. The van der Waals surface area contributed by atoms with E-state index in [1.54, 1.807) is 0 Å². The number of nitrogens with two attached hydrogens (primary N) is 2.